The van der Waals surface area contributed by atoms with E-state index in [-0.39, 0.29) is 62.6 Å². The van der Waals surface area contributed by atoms with Crippen molar-refractivity contribution >= 4 is 92.9 Å². The number of methoxy groups -OCH3 is 2. The Morgan fingerprint density at radius 3 is 2.08 bits per heavy atom. The number of nitrogens with two attached hydrogens (primary N) is 2. The zero-order valence-electron chi connectivity index (χ0n) is 39.8. The SMILES string of the molecule is CNc1ncnc2c1ncn2[C@@H]1O[C@H](COP(=O)(O)OP(=O)(O)OP(=O)(O)SC[C@H]2O[C@@H]([n+]3cn(C)c4c(=O)[nH]c(N)nc43)C(O)[C@H]2OC)C(OP(=O)(O)OC[C@H]2O[C@@H](n3cnc4c(=O)[nH]c(N)nc43)[C@@H](O)C2O)[C@@H]1OC. The zero-order chi connectivity index (χ0) is 55.7. The molecule has 3 fully saturated rings. The number of phosphoric acid groups is 3. The van der Waals surface area contributed by atoms with Crippen LogP contribution < -0.4 is 32.5 Å². The second-order valence-corrected chi connectivity index (χ2v) is 25.4. The lowest BCUT2D eigenvalue weighted by Gasteiger charge is -2.26. The number of aromatic amines is 2. The molecule has 6 aromatic rings. The third kappa shape index (κ3) is 11.5. The van der Waals surface area contributed by atoms with Gasteiger partial charge in [-0.2, -0.15) is 13.6 Å². The summed E-state index contributed by atoms with van der Waals surface area (Å²) < 4.78 is 112. The molecule has 3 saturated heterocycles. The molecule has 0 aromatic carbocycles. The fourth-order valence-electron chi connectivity index (χ4n) is 8.73. The number of nitrogens with zero attached hydrogens (tertiary/aromatic N) is 10. The van der Waals surface area contributed by atoms with Crippen molar-refractivity contribution in [3.05, 3.63) is 46.0 Å². The molecule has 43 heteroatoms. The maximum Gasteiger partial charge on any atom is 0.488 e. The van der Waals surface area contributed by atoms with Gasteiger partial charge in [0.1, 0.15) is 66.8 Å². The van der Waals surface area contributed by atoms with Crippen LogP contribution in [-0.4, -0.2) is 184 Å². The topological polar surface area (TPSA) is 528 Å². The molecule has 0 amide bonds. The Bertz CT molecular complexity index is 3510. The van der Waals surface area contributed by atoms with E-state index in [4.69, 9.17) is 48.7 Å². The highest BCUT2D eigenvalue weighted by Crippen LogP contribution is 2.71. The molecule has 0 aliphatic carbocycles. The quantitative estimate of drug-likeness (QED) is 0.0254. The van der Waals surface area contributed by atoms with Crippen molar-refractivity contribution < 1.29 is 104 Å². The van der Waals surface area contributed by atoms with Gasteiger partial charge in [-0.25, -0.2) is 42.8 Å². The standard InChI is InChI=1S/C34H47N15O23P4S/c1-37-24-15-25(39-8-38-24)47(9-40-15)32-23(64-4)22(70-73(55,56)65-5-12-18(50)19(51)30(67-12)48-10-41-16-26(48)42-33(35)44-28(16)53)13(68-32)6-66-74(57,58)71-75(59,60)72-76(61,62)77-7-14-21(63-3)20(52)31(69-14)49-11-46(2)17-27(49)43-34(36)45-29(17)54/h8-14,18-23,30-32,50-52H,5-7H2,1-4H3,(H10-,35,36,37,38,39,42,43,44,45,53,54,55,56,57,58,59,60,61,62)/p+1/t12-,13-,14-,18?,19+,20?,21+,22?,23+,30-,31-,32-/m1/s1. The van der Waals surface area contributed by atoms with Gasteiger partial charge in [-0.05, 0) is 11.4 Å². The van der Waals surface area contributed by atoms with E-state index in [0.717, 1.165) is 18.0 Å². The highest BCUT2D eigenvalue weighted by Gasteiger charge is 2.54. The number of imidazole rings is 3. The summed E-state index contributed by atoms with van der Waals surface area (Å²) in [4.78, 5) is 97.1. The van der Waals surface area contributed by atoms with Gasteiger partial charge < -0.3 is 75.4 Å². The summed E-state index contributed by atoms with van der Waals surface area (Å²) in [5.41, 5.74) is 10.1. The minimum Gasteiger partial charge on any atom is -0.387 e. The molecule has 0 radical (unpaired) electrons. The number of aromatic nitrogens is 12. The van der Waals surface area contributed by atoms with Gasteiger partial charge in [0.05, 0.1) is 32.9 Å². The van der Waals surface area contributed by atoms with E-state index >= 15 is 0 Å². The lowest BCUT2D eigenvalue weighted by molar-refractivity contribution is -0.745. The third-order valence-corrected chi connectivity index (χ3v) is 19.6. The molecule has 3 aliphatic heterocycles. The second kappa shape index (κ2) is 21.7. The molecule has 0 saturated carbocycles. The second-order valence-electron chi connectivity index (χ2n) is 16.9. The first kappa shape index (κ1) is 56.9. The molecule has 422 valence electrons. The fourth-order valence-corrected chi connectivity index (χ4v) is 15.7. The molecule has 0 spiro atoms. The first-order chi connectivity index (χ1) is 36.2. The average Bonchev–Trinajstić information content (AvgIpc) is 4.21. The molecule has 7 unspecified atom stereocenters. The fraction of sp³-hybridized carbons (Fsp3) is 0.559. The van der Waals surface area contributed by atoms with Crippen LogP contribution in [0.15, 0.2) is 34.9 Å². The number of fused-ring (bicyclic) bond motifs is 3. The molecule has 9 heterocycles. The van der Waals surface area contributed by atoms with Crippen LogP contribution in [0.4, 0.5) is 17.7 Å². The Kier molecular flexibility index (Phi) is 16.1. The van der Waals surface area contributed by atoms with E-state index < -0.39 is 134 Å². The molecule has 9 rings (SSSR count). The summed E-state index contributed by atoms with van der Waals surface area (Å²) in [5.74, 6) is -0.893. The van der Waals surface area contributed by atoms with Crippen LogP contribution in [0.5, 0.6) is 0 Å². The van der Waals surface area contributed by atoms with Crippen molar-refractivity contribution in [3.63, 3.8) is 0 Å². The minimum absolute atomic E-state index is 0.00316. The summed E-state index contributed by atoms with van der Waals surface area (Å²) >= 11 is -0.0279. The van der Waals surface area contributed by atoms with E-state index in [2.05, 4.69) is 53.8 Å². The van der Waals surface area contributed by atoms with Crippen molar-refractivity contribution in [3.8, 4) is 0 Å². The van der Waals surface area contributed by atoms with Gasteiger partial charge in [0.2, 0.25) is 17.7 Å². The number of aliphatic hydroxyl groups is 3. The average molecular weight is 1190 g/mol. The van der Waals surface area contributed by atoms with Crippen LogP contribution in [0, 0.1) is 0 Å². The maximum absolute atomic E-state index is 13.8. The number of anilines is 3. The van der Waals surface area contributed by atoms with Crippen molar-refractivity contribution in [2.45, 2.75) is 73.6 Å². The summed E-state index contributed by atoms with van der Waals surface area (Å²) in [6.07, 6.45) is -13.7. The minimum atomic E-state index is -6.07. The van der Waals surface area contributed by atoms with Gasteiger partial charge in [0.25, 0.3) is 17.1 Å². The third-order valence-electron chi connectivity index (χ3n) is 12.0. The molecule has 14 N–H and O–H groups in total. The normalized spacial score (nSPS) is 30.0. The molecule has 3 aliphatic rings. The Balaban J connectivity index is 0.872. The van der Waals surface area contributed by atoms with Gasteiger partial charge >= 0.3 is 35.9 Å². The monoisotopic (exact) mass is 1190 g/mol. The molecule has 77 heavy (non-hydrogen) atoms. The van der Waals surface area contributed by atoms with Crippen molar-refractivity contribution in [1.29, 1.82) is 0 Å². The number of rotatable bonds is 21. The van der Waals surface area contributed by atoms with E-state index in [1.165, 1.54) is 46.8 Å². The van der Waals surface area contributed by atoms with E-state index in [0.29, 0.717) is 0 Å². The first-order valence-electron chi connectivity index (χ1n) is 22.0. The summed E-state index contributed by atoms with van der Waals surface area (Å²) in [5, 5.41) is 35.8. The molecular weight excluding hydrogens is 1140 g/mol. The van der Waals surface area contributed by atoms with Gasteiger partial charge in [-0.1, -0.05) is 4.98 Å². The van der Waals surface area contributed by atoms with Crippen LogP contribution in [0.3, 0.4) is 0 Å². The number of hydrogen-bond donors (Lipinski definition) is 12. The van der Waals surface area contributed by atoms with Crippen LogP contribution >= 0.6 is 41.6 Å². The number of H-pyrrole nitrogens is 2. The van der Waals surface area contributed by atoms with Crippen molar-refractivity contribution in [1.82, 2.24) is 53.6 Å². The summed E-state index contributed by atoms with van der Waals surface area (Å²) in [6.45, 7) is -7.55. The lowest BCUT2D eigenvalue weighted by Crippen LogP contribution is -2.46. The summed E-state index contributed by atoms with van der Waals surface area (Å²) in [6, 6.07) is 0. The largest absolute Gasteiger partial charge is 0.488 e. The Morgan fingerprint density at radius 1 is 0.740 bits per heavy atom. The van der Waals surface area contributed by atoms with Gasteiger partial charge in [0, 0.05) is 27.0 Å². The Morgan fingerprint density at radius 2 is 1.38 bits per heavy atom. The van der Waals surface area contributed by atoms with E-state index in [1.807, 2.05) is 0 Å². The van der Waals surface area contributed by atoms with E-state index in [1.54, 1.807) is 7.05 Å². The number of hydrogen-bond acceptors (Lipinski definition) is 29. The van der Waals surface area contributed by atoms with Crippen molar-refractivity contribution in [2.75, 3.05) is 57.0 Å². The molecule has 38 nitrogen and oxygen atoms in total. The number of phosphoric ester groups is 2. The number of nitrogens with one attached hydrogen (secondary N) is 3. The van der Waals surface area contributed by atoms with Crippen LogP contribution in [0.2, 0.25) is 0 Å². The number of aliphatic hydroxyl groups excluding tert-OH is 3. The Labute approximate surface area is 432 Å². The highest BCUT2D eigenvalue weighted by molar-refractivity contribution is 8.55. The van der Waals surface area contributed by atoms with Crippen LogP contribution in [0.25, 0.3) is 33.5 Å². The maximum atomic E-state index is 13.8. The number of aryl methyl sites for hydroxylation is 1. The Hall–Kier alpha value is -4.76. The lowest BCUT2D eigenvalue weighted by atomic mass is 10.1. The number of nitrogen functional groups attached to an aromatic ring is 2. The molecule has 16 atom stereocenters. The van der Waals surface area contributed by atoms with Gasteiger partial charge in [-0.3, -0.25) is 46.8 Å². The molecular formula is C34H48N15O23P4S+. The van der Waals surface area contributed by atoms with E-state index in [9.17, 15) is 62.7 Å². The van der Waals surface area contributed by atoms with Crippen LogP contribution in [-0.2, 0) is 71.2 Å². The highest BCUT2D eigenvalue weighted by atomic mass is 32.7. The number of ether oxygens (including phenoxy) is 5. The summed E-state index contributed by atoms with van der Waals surface area (Å²) in [7, 11) is -12.0. The smallest absolute Gasteiger partial charge is 0.387 e. The first-order valence-corrected chi connectivity index (χ1v) is 29.7. The van der Waals surface area contributed by atoms with Crippen LogP contribution in [0.1, 0.15) is 18.7 Å². The van der Waals surface area contributed by atoms with Crippen molar-refractivity contribution in [2.24, 2.45) is 7.05 Å². The van der Waals surface area contributed by atoms with Gasteiger partial charge in [-0.15, -0.1) is 0 Å². The molecule has 6 aromatic heterocycles. The predicted molar refractivity (Wildman–Crippen MR) is 255 cm³/mol. The predicted octanol–water partition coefficient (Wildman–Crippen LogP) is -2.88. The molecule has 0 bridgehead atoms. The van der Waals surface area contributed by atoms with Gasteiger partial charge in [0.15, 0.2) is 41.4 Å². The zero-order valence-corrected chi connectivity index (χ0v) is 44.2.